The van der Waals surface area contributed by atoms with Gasteiger partial charge >= 0.3 is 0 Å². The molecule has 1 heterocycles. The highest BCUT2D eigenvalue weighted by Crippen LogP contribution is 2.13. The molecule has 0 radical (unpaired) electrons. The molecule has 0 aliphatic rings. The molecule has 4 nitrogen and oxygen atoms in total. The van der Waals surface area contributed by atoms with E-state index in [1.54, 1.807) is 11.9 Å². The summed E-state index contributed by atoms with van der Waals surface area (Å²) in [5.41, 5.74) is 8.63. The lowest BCUT2D eigenvalue weighted by Gasteiger charge is -2.21. The van der Waals surface area contributed by atoms with Crippen LogP contribution in [0, 0.1) is 6.92 Å². The lowest BCUT2D eigenvalue weighted by Crippen LogP contribution is -2.35. The van der Waals surface area contributed by atoms with Crippen LogP contribution in [0.2, 0.25) is 0 Å². The highest BCUT2D eigenvalue weighted by Gasteiger charge is 2.19. The molecule has 0 bridgehead atoms. The first kappa shape index (κ1) is 14.2. The van der Waals surface area contributed by atoms with E-state index in [1.165, 1.54) is 0 Å². The number of likely N-dealkylation sites (N-methyl/N-ethyl adjacent to an activating group) is 1. The fourth-order valence-electron chi connectivity index (χ4n) is 2.05. The van der Waals surface area contributed by atoms with Crippen molar-refractivity contribution < 1.29 is 4.79 Å². The van der Waals surface area contributed by atoms with Gasteiger partial charge in [0.2, 0.25) is 5.91 Å². The van der Waals surface area contributed by atoms with E-state index in [4.69, 9.17) is 5.73 Å². The molecule has 4 heteroatoms. The third kappa shape index (κ3) is 3.42. The largest absolute Gasteiger partial charge is 0.338 e. The number of pyridine rings is 1. The minimum atomic E-state index is -0.633. The summed E-state index contributed by atoms with van der Waals surface area (Å²) in [7, 11) is 1.75. The molecule has 0 saturated carbocycles. The standard InChI is InChI=1S/C16H19N3O/c1-12-7-6-10-14(18-12)11-19(2)16(20)15(17)13-8-4-3-5-9-13/h3-10,15H,11,17H2,1-2H3. The van der Waals surface area contributed by atoms with E-state index < -0.39 is 6.04 Å². The Bertz CT molecular complexity index is 583. The van der Waals surface area contributed by atoms with E-state index in [0.29, 0.717) is 6.54 Å². The maximum absolute atomic E-state index is 12.3. The van der Waals surface area contributed by atoms with Gasteiger partial charge in [-0.2, -0.15) is 0 Å². The van der Waals surface area contributed by atoms with Crippen molar-refractivity contribution in [2.45, 2.75) is 19.5 Å². The predicted molar refractivity (Wildman–Crippen MR) is 78.8 cm³/mol. The normalized spacial score (nSPS) is 11.9. The number of carbonyl (C=O) groups is 1. The number of aryl methyl sites for hydroxylation is 1. The van der Waals surface area contributed by atoms with Crippen molar-refractivity contribution in [1.82, 2.24) is 9.88 Å². The van der Waals surface area contributed by atoms with Crippen LogP contribution in [0.1, 0.15) is 23.0 Å². The smallest absolute Gasteiger partial charge is 0.244 e. The van der Waals surface area contributed by atoms with Gasteiger partial charge in [-0.1, -0.05) is 36.4 Å². The van der Waals surface area contributed by atoms with Crippen molar-refractivity contribution in [1.29, 1.82) is 0 Å². The molecule has 1 atom stereocenters. The lowest BCUT2D eigenvalue weighted by atomic mass is 10.1. The van der Waals surface area contributed by atoms with E-state index >= 15 is 0 Å². The molecule has 2 N–H and O–H groups in total. The minimum Gasteiger partial charge on any atom is -0.338 e. The Hall–Kier alpha value is -2.20. The summed E-state index contributed by atoms with van der Waals surface area (Å²) in [5, 5.41) is 0. The summed E-state index contributed by atoms with van der Waals surface area (Å²) >= 11 is 0. The van der Waals surface area contributed by atoms with E-state index in [1.807, 2.05) is 55.5 Å². The topological polar surface area (TPSA) is 59.2 Å². The average molecular weight is 269 g/mol. The minimum absolute atomic E-state index is 0.112. The maximum Gasteiger partial charge on any atom is 0.244 e. The number of hydrogen-bond acceptors (Lipinski definition) is 3. The Morgan fingerprint density at radius 1 is 1.20 bits per heavy atom. The third-order valence-corrected chi connectivity index (χ3v) is 3.15. The van der Waals surface area contributed by atoms with E-state index in [-0.39, 0.29) is 5.91 Å². The first-order valence-electron chi connectivity index (χ1n) is 6.56. The highest BCUT2D eigenvalue weighted by atomic mass is 16.2. The van der Waals surface area contributed by atoms with Gasteiger partial charge < -0.3 is 10.6 Å². The van der Waals surface area contributed by atoms with Crippen LogP contribution in [-0.2, 0) is 11.3 Å². The average Bonchev–Trinajstić information content (AvgIpc) is 2.46. The summed E-state index contributed by atoms with van der Waals surface area (Å²) in [6, 6.07) is 14.5. The fourth-order valence-corrected chi connectivity index (χ4v) is 2.05. The second-order valence-electron chi connectivity index (χ2n) is 4.85. The van der Waals surface area contributed by atoms with Gasteiger partial charge in [0.15, 0.2) is 0 Å². The van der Waals surface area contributed by atoms with Crippen LogP contribution >= 0.6 is 0 Å². The van der Waals surface area contributed by atoms with Crippen LogP contribution in [0.4, 0.5) is 0 Å². The monoisotopic (exact) mass is 269 g/mol. The van der Waals surface area contributed by atoms with Crippen LogP contribution in [0.3, 0.4) is 0 Å². The molecule has 0 aliphatic carbocycles. The SMILES string of the molecule is Cc1cccc(CN(C)C(=O)C(N)c2ccccc2)n1. The summed E-state index contributed by atoms with van der Waals surface area (Å²) in [6.07, 6.45) is 0. The van der Waals surface area contributed by atoms with Crippen molar-refractivity contribution >= 4 is 5.91 Å². The van der Waals surface area contributed by atoms with Crippen LogP contribution < -0.4 is 5.73 Å². The van der Waals surface area contributed by atoms with Crippen LogP contribution in [0.25, 0.3) is 0 Å². The molecule has 1 aromatic carbocycles. The Morgan fingerprint density at radius 3 is 2.55 bits per heavy atom. The van der Waals surface area contributed by atoms with Crippen molar-refractivity contribution in [3.8, 4) is 0 Å². The van der Waals surface area contributed by atoms with Gasteiger partial charge in [0.1, 0.15) is 6.04 Å². The number of amides is 1. The lowest BCUT2D eigenvalue weighted by molar-refractivity contribution is -0.132. The Labute approximate surface area is 119 Å². The van der Waals surface area contributed by atoms with Gasteiger partial charge in [-0.15, -0.1) is 0 Å². The number of nitrogens with two attached hydrogens (primary N) is 1. The van der Waals surface area contributed by atoms with Gasteiger partial charge in [0.05, 0.1) is 12.2 Å². The van der Waals surface area contributed by atoms with Gasteiger partial charge in [0, 0.05) is 12.7 Å². The molecule has 1 amide bonds. The van der Waals surface area contributed by atoms with Gasteiger partial charge in [-0.25, -0.2) is 0 Å². The molecule has 0 spiro atoms. The molecule has 1 aromatic heterocycles. The maximum atomic E-state index is 12.3. The zero-order chi connectivity index (χ0) is 14.5. The molecular formula is C16H19N3O. The molecule has 20 heavy (non-hydrogen) atoms. The highest BCUT2D eigenvalue weighted by molar-refractivity contribution is 5.82. The summed E-state index contributed by atoms with van der Waals surface area (Å²) < 4.78 is 0. The van der Waals surface area contributed by atoms with E-state index in [9.17, 15) is 4.79 Å². The molecule has 2 aromatic rings. The molecule has 2 rings (SSSR count). The molecule has 0 aliphatic heterocycles. The van der Waals surface area contributed by atoms with Crippen molar-refractivity contribution in [3.63, 3.8) is 0 Å². The molecule has 0 saturated heterocycles. The zero-order valence-electron chi connectivity index (χ0n) is 11.8. The number of aromatic nitrogens is 1. The van der Waals surface area contributed by atoms with Crippen molar-refractivity contribution in [2.75, 3.05) is 7.05 Å². The first-order valence-corrected chi connectivity index (χ1v) is 6.56. The van der Waals surface area contributed by atoms with Gasteiger partial charge in [0.25, 0.3) is 0 Å². The van der Waals surface area contributed by atoms with Crippen molar-refractivity contribution in [3.05, 3.63) is 65.5 Å². The number of benzene rings is 1. The van der Waals surface area contributed by atoms with Gasteiger partial charge in [-0.3, -0.25) is 9.78 Å². The molecule has 1 unspecified atom stereocenters. The van der Waals surface area contributed by atoms with Gasteiger partial charge in [-0.05, 0) is 24.6 Å². The van der Waals surface area contributed by atoms with Crippen LogP contribution in [0.5, 0.6) is 0 Å². The van der Waals surface area contributed by atoms with Crippen LogP contribution in [0.15, 0.2) is 48.5 Å². The number of hydrogen-bond donors (Lipinski definition) is 1. The first-order chi connectivity index (χ1) is 9.58. The summed E-state index contributed by atoms with van der Waals surface area (Å²) in [5.74, 6) is -0.112. The third-order valence-electron chi connectivity index (χ3n) is 3.15. The quantitative estimate of drug-likeness (QED) is 0.924. The number of nitrogens with zero attached hydrogens (tertiary/aromatic N) is 2. The van der Waals surface area contributed by atoms with E-state index in [0.717, 1.165) is 17.0 Å². The molecular weight excluding hydrogens is 250 g/mol. The fraction of sp³-hybridized carbons (Fsp3) is 0.250. The Morgan fingerprint density at radius 2 is 1.90 bits per heavy atom. The molecule has 104 valence electrons. The summed E-state index contributed by atoms with van der Waals surface area (Å²) in [6.45, 7) is 2.39. The number of carbonyl (C=O) groups excluding carboxylic acids is 1. The van der Waals surface area contributed by atoms with E-state index in [2.05, 4.69) is 4.98 Å². The number of rotatable bonds is 4. The van der Waals surface area contributed by atoms with Crippen molar-refractivity contribution in [2.24, 2.45) is 5.73 Å². The van der Waals surface area contributed by atoms with Crippen LogP contribution in [-0.4, -0.2) is 22.8 Å². The Kier molecular flexibility index (Phi) is 4.48. The second kappa shape index (κ2) is 6.30. The predicted octanol–water partition coefficient (Wildman–Crippen LogP) is 2.05. The second-order valence-corrected chi connectivity index (χ2v) is 4.85. The zero-order valence-corrected chi connectivity index (χ0v) is 11.8. The Balaban J connectivity index is 2.05. The summed E-state index contributed by atoms with van der Waals surface area (Å²) in [4.78, 5) is 18.3. The molecule has 0 fully saturated rings.